The van der Waals surface area contributed by atoms with Gasteiger partial charge >= 0.3 is 6.03 Å². The Balaban J connectivity index is 1.33. The summed E-state index contributed by atoms with van der Waals surface area (Å²) in [5.74, 6) is 0.835. The number of nitrogens with one attached hydrogen (secondary N) is 2. The fourth-order valence-corrected chi connectivity index (χ4v) is 4.06. The molecule has 0 fully saturated rings. The summed E-state index contributed by atoms with van der Waals surface area (Å²) in [6.07, 6.45) is 1.80. The number of anilines is 1. The van der Waals surface area contributed by atoms with Crippen LogP contribution < -0.4 is 10.1 Å². The van der Waals surface area contributed by atoms with Crippen molar-refractivity contribution in [1.29, 1.82) is 0 Å². The van der Waals surface area contributed by atoms with E-state index >= 15 is 0 Å². The van der Waals surface area contributed by atoms with E-state index in [1.807, 2.05) is 47.4 Å². The molecule has 4 aromatic rings. The maximum absolute atomic E-state index is 12.9. The first-order valence-corrected chi connectivity index (χ1v) is 10.1. The lowest BCUT2D eigenvalue weighted by Crippen LogP contribution is -2.30. The number of aromatic nitrogens is 1. The Kier molecular flexibility index (Phi) is 4.60. The molecule has 0 saturated heterocycles. The molecule has 150 valence electrons. The molecule has 30 heavy (non-hydrogen) atoms. The van der Waals surface area contributed by atoms with Gasteiger partial charge < -0.3 is 19.9 Å². The molecule has 1 aliphatic heterocycles. The minimum atomic E-state index is -0.127. The lowest BCUT2D eigenvalue weighted by atomic mass is 10.0. The van der Waals surface area contributed by atoms with E-state index in [2.05, 4.69) is 28.5 Å². The normalized spacial score (nSPS) is 12.8. The number of carbonyl (C=O) groups excluding carboxylic acids is 1. The second kappa shape index (κ2) is 7.43. The first kappa shape index (κ1) is 18.6. The Morgan fingerprint density at radius 2 is 1.77 bits per heavy atom. The summed E-state index contributed by atoms with van der Waals surface area (Å²) in [5.41, 5.74) is 6.25. The Morgan fingerprint density at radius 3 is 2.57 bits per heavy atom. The molecule has 5 rings (SSSR count). The lowest BCUT2D eigenvalue weighted by molar-refractivity contribution is 0.212. The van der Waals surface area contributed by atoms with Gasteiger partial charge in [0.05, 0.1) is 12.8 Å². The predicted molar refractivity (Wildman–Crippen MR) is 120 cm³/mol. The zero-order chi connectivity index (χ0) is 20.7. The second-order valence-corrected chi connectivity index (χ2v) is 7.83. The van der Waals surface area contributed by atoms with Crippen LogP contribution in [0.1, 0.15) is 11.1 Å². The van der Waals surface area contributed by atoms with Gasteiger partial charge in [0, 0.05) is 35.2 Å². The van der Waals surface area contributed by atoms with Gasteiger partial charge in [-0.25, -0.2) is 4.79 Å². The Bertz CT molecular complexity index is 1250. The first-order valence-electron chi connectivity index (χ1n) is 9.69. The fourth-order valence-electron chi connectivity index (χ4n) is 3.89. The molecule has 5 nitrogen and oxygen atoms in total. The van der Waals surface area contributed by atoms with Gasteiger partial charge in [0.15, 0.2) is 0 Å². The molecule has 1 aromatic heterocycles. The maximum atomic E-state index is 12.9. The zero-order valence-electron chi connectivity index (χ0n) is 16.4. The molecule has 0 saturated carbocycles. The van der Waals surface area contributed by atoms with Gasteiger partial charge in [0.25, 0.3) is 0 Å². The topological polar surface area (TPSA) is 57.4 Å². The van der Waals surface area contributed by atoms with Crippen LogP contribution in [0.5, 0.6) is 5.75 Å². The summed E-state index contributed by atoms with van der Waals surface area (Å²) >= 11 is 6.11. The van der Waals surface area contributed by atoms with Gasteiger partial charge in [0.2, 0.25) is 0 Å². The first-order chi connectivity index (χ1) is 14.6. The van der Waals surface area contributed by atoms with Crippen molar-refractivity contribution >= 4 is 34.2 Å². The Hall–Kier alpha value is -3.44. The minimum Gasteiger partial charge on any atom is -0.497 e. The van der Waals surface area contributed by atoms with Crippen molar-refractivity contribution in [2.24, 2.45) is 0 Å². The van der Waals surface area contributed by atoms with Gasteiger partial charge in [0.1, 0.15) is 5.75 Å². The molecule has 0 aliphatic carbocycles. The molecule has 2 amide bonds. The Labute approximate surface area is 179 Å². The lowest BCUT2D eigenvalue weighted by Gasteiger charge is -2.16. The molecule has 6 heteroatoms. The number of amides is 2. The largest absolute Gasteiger partial charge is 0.497 e. The van der Waals surface area contributed by atoms with E-state index in [4.69, 9.17) is 16.3 Å². The van der Waals surface area contributed by atoms with E-state index in [0.29, 0.717) is 18.1 Å². The average molecular weight is 418 g/mol. The Morgan fingerprint density at radius 1 is 1.00 bits per heavy atom. The van der Waals surface area contributed by atoms with Gasteiger partial charge in [-0.2, -0.15) is 0 Å². The van der Waals surface area contributed by atoms with Crippen molar-refractivity contribution < 1.29 is 9.53 Å². The van der Waals surface area contributed by atoms with Crippen LogP contribution in [0.25, 0.3) is 22.0 Å². The molecule has 2 N–H and O–H groups in total. The van der Waals surface area contributed by atoms with E-state index in [1.165, 1.54) is 11.1 Å². The third-order valence-electron chi connectivity index (χ3n) is 5.52. The van der Waals surface area contributed by atoms with Crippen LogP contribution in [0, 0.1) is 0 Å². The van der Waals surface area contributed by atoms with Gasteiger partial charge in [-0.15, -0.1) is 0 Å². The van der Waals surface area contributed by atoms with Crippen molar-refractivity contribution in [3.63, 3.8) is 0 Å². The number of H-pyrrole nitrogens is 1. The number of aromatic amines is 1. The minimum absolute atomic E-state index is 0.127. The molecule has 0 radical (unpaired) electrons. The molecular formula is C24H20ClN3O2. The number of halogens is 1. The van der Waals surface area contributed by atoms with Crippen LogP contribution in [0.3, 0.4) is 0 Å². The maximum Gasteiger partial charge on any atom is 0.322 e. The third kappa shape index (κ3) is 3.37. The van der Waals surface area contributed by atoms with E-state index in [9.17, 15) is 4.79 Å². The number of fused-ring (bicyclic) bond motifs is 2. The van der Waals surface area contributed by atoms with Gasteiger partial charge in [-0.1, -0.05) is 35.9 Å². The predicted octanol–water partition coefficient (Wildman–Crippen LogP) is 6.04. The SMILES string of the molecule is COc1ccc(-c2ccc3c(c2)CN(C(=O)Nc2c[nH]c4ccc(Cl)cc24)C3)cc1. The van der Waals surface area contributed by atoms with Crippen molar-refractivity contribution in [3.8, 4) is 16.9 Å². The van der Waals surface area contributed by atoms with E-state index < -0.39 is 0 Å². The van der Waals surface area contributed by atoms with Crippen molar-refractivity contribution in [2.75, 3.05) is 12.4 Å². The number of carbonyl (C=O) groups is 1. The van der Waals surface area contributed by atoms with Gasteiger partial charge in [-0.3, -0.25) is 0 Å². The molecule has 1 aliphatic rings. The monoisotopic (exact) mass is 417 g/mol. The number of benzene rings is 3. The molecule has 0 bridgehead atoms. The number of nitrogens with zero attached hydrogens (tertiary/aromatic N) is 1. The summed E-state index contributed by atoms with van der Waals surface area (Å²) < 4.78 is 5.24. The number of hydrogen-bond acceptors (Lipinski definition) is 2. The number of ether oxygens (including phenoxy) is 1. The average Bonchev–Trinajstić information content (AvgIpc) is 3.37. The highest BCUT2D eigenvalue weighted by atomic mass is 35.5. The fraction of sp³-hybridized carbons (Fsp3) is 0.125. The highest BCUT2D eigenvalue weighted by Crippen LogP contribution is 2.31. The highest BCUT2D eigenvalue weighted by Gasteiger charge is 2.24. The molecule has 0 unspecified atom stereocenters. The van der Waals surface area contributed by atoms with Crippen LogP contribution in [0.2, 0.25) is 5.02 Å². The van der Waals surface area contributed by atoms with Crippen LogP contribution in [0.4, 0.5) is 10.5 Å². The zero-order valence-corrected chi connectivity index (χ0v) is 17.2. The van der Waals surface area contributed by atoms with E-state index in [1.54, 1.807) is 13.3 Å². The molecular weight excluding hydrogens is 398 g/mol. The van der Waals surface area contributed by atoms with E-state index in [-0.39, 0.29) is 6.03 Å². The summed E-state index contributed by atoms with van der Waals surface area (Å²) in [5, 5.41) is 4.54. The van der Waals surface area contributed by atoms with Crippen LogP contribution in [0.15, 0.2) is 66.9 Å². The smallest absolute Gasteiger partial charge is 0.322 e. The van der Waals surface area contributed by atoms with Crippen molar-refractivity contribution in [1.82, 2.24) is 9.88 Å². The number of hydrogen-bond donors (Lipinski definition) is 2. The van der Waals surface area contributed by atoms with Crippen molar-refractivity contribution in [3.05, 3.63) is 83.0 Å². The summed E-state index contributed by atoms with van der Waals surface area (Å²) in [4.78, 5) is 17.9. The number of rotatable bonds is 3. The molecule has 0 atom stereocenters. The summed E-state index contributed by atoms with van der Waals surface area (Å²) in [6.45, 7) is 1.17. The van der Waals surface area contributed by atoms with Crippen LogP contribution in [-0.4, -0.2) is 23.0 Å². The van der Waals surface area contributed by atoms with Gasteiger partial charge in [-0.05, 0) is 58.7 Å². The number of methoxy groups -OCH3 is 1. The quantitative estimate of drug-likeness (QED) is 0.426. The van der Waals surface area contributed by atoms with E-state index in [0.717, 1.165) is 33.5 Å². The molecule has 0 spiro atoms. The van der Waals surface area contributed by atoms with Crippen LogP contribution in [-0.2, 0) is 13.1 Å². The highest BCUT2D eigenvalue weighted by molar-refractivity contribution is 6.31. The second-order valence-electron chi connectivity index (χ2n) is 7.39. The standard InChI is InChI=1S/C24H20ClN3O2/c1-30-20-7-4-15(5-8-20)16-2-3-17-13-28(14-18(17)10-16)24(29)27-23-12-26-22-9-6-19(25)11-21(22)23/h2-12,26H,13-14H2,1H3,(H,27,29). The number of urea groups is 1. The summed E-state index contributed by atoms with van der Waals surface area (Å²) in [6, 6.07) is 19.8. The summed E-state index contributed by atoms with van der Waals surface area (Å²) in [7, 11) is 1.66. The van der Waals surface area contributed by atoms with Crippen LogP contribution >= 0.6 is 11.6 Å². The molecule has 2 heterocycles. The third-order valence-corrected chi connectivity index (χ3v) is 5.76. The molecule has 3 aromatic carbocycles. The van der Waals surface area contributed by atoms with Crippen molar-refractivity contribution in [2.45, 2.75) is 13.1 Å².